The topological polar surface area (TPSA) is 46.6 Å². The molecule has 2 aromatic carbocycles. The number of thioether (sulfide) groups is 1. The average molecular weight is 357 g/mol. The minimum atomic E-state index is -0.355. The summed E-state index contributed by atoms with van der Waals surface area (Å²) in [5, 5.41) is -0.334. The molecular formula is C19H16FNO3S. The van der Waals surface area contributed by atoms with Gasteiger partial charge in [0.25, 0.3) is 11.1 Å². The predicted octanol–water partition coefficient (Wildman–Crippen LogP) is 4.38. The number of hydrogen-bond acceptors (Lipinski definition) is 4. The first-order valence-corrected chi connectivity index (χ1v) is 8.44. The Morgan fingerprint density at radius 1 is 1.16 bits per heavy atom. The van der Waals surface area contributed by atoms with Crippen molar-refractivity contribution in [1.82, 2.24) is 4.90 Å². The number of carbonyl (C=O) groups is 2. The number of rotatable bonds is 4. The molecule has 0 bridgehead atoms. The van der Waals surface area contributed by atoms with Crippen molar-refractivity contribution < 1.29 is 18.7 Å². The molecule has 0 unspecified atom stereocenters. The lowest BCUT2D eigenvalue weighted by Gasteiger charge is -2.12. The largest absolute Gasteiger partial charge is 0.496 e. The van der Waals surface area contributed by atoms with Gasteiger partial charge in [-0.25, -0.2) is 4.39 Å². The Morgan fingerprint density at radius 3 is 2.56 bits per heavy atom. The van der Waals surface area contributed by atoms with E-state index < -0.39 is 0 Å². The molecule has 0 aromatic heterocycles. The van der Waals surface area contributed by atoms with Crippen LogP contribution in [0.3, 0.4) is 0 Å². The molecule has 25 heavy (non-hydrogen) atoms. The Bertz CT molecular complexity index is 861. The van der Waals surface area contributed by atoms with E-state index in [1.807, 2.05) is 25.1 Å². The minimum absolute atomic E-state index is 0.125. The van der Waals surface area contributed by atoms with Gasteiger partial charge >= 0.3 is 0 Å². The van der Waals surface area contributed by atoms with Gasteiger partial charge in [-0.15, -0.1) is 0 Å². The van der Waals surface area contributed by atoms with Crippen molar-refractivity contribution in [1.29, 1.82) is 0 Å². The smallest absolute Gasteiger partial charge is 0.293 e. The SMILES string of the molecule is COc1cc(C=C2SC(=O)N(Cc3ccc(F)cc3)C2=O)ccc1C. The number of aryl methyl sites for hydroxylation is 1. The van der Waals surface area contributed by atoms with Crippen LogP contribution in [0.25, 0.3) is 6.08 Å². The van der Waals surface area contributed by atoms with Crippen LogP contribution in [0.2, 0.25) is 0 Å². The summed E-state index contributed by atoms with van der Waals surface area (Å²) in [6.07, 6.45) is 1.68. The van der Waals surface area contributed by atoms with Crippen molar-refractivity contribution in [3.05, 3.63) is 69.9 Å². The molecule has 0 spiro atoms. The fraction of sp³-hybridized carbons (Fsp3) is 0.158. The second-order valence-electron chi connectivity index (χ2n) is 5.62. The number of amides is 2. The molecule has 0 aliphatic carbocycles. The van der Waals surface area contributed by atoms with E-state index in [2.05, 4.69) is 0 Å². The van der Waals surface area contributed by atoms with Crippen LogP contribution in [-0.4, -0.2) is 23.2 Å². The molecule has 0 atom stereocenters. The molecule has 1 aliphatic heterocycles. The van der Waals surface area contributed by atoms with E-state index in [1.54, 1.807) is 25.3 Å². The predicted molar refractivity (Wildman–Crippen MR) is 95.6 cm³/mol. The standard InChI is InChI=1S/C19H16FNO3S/c1-12-3-4-14(9-16(12)24-2)10-17-18(22)21(19(23)25-17)11-13-5-7-15(20)8-6-13/h3-10H,11H2,1-2H3. The summed E-state index contributed by atoms with van der Waals surface area (Å²) in [4.78, 5) is 26.2. The zero-order valence-electron chi connectivity index (χ0n) is 13.8. The number of imide groups is 1. The lowest BCUT2D eigenvalue weighted by molar-refractivity contribution is -0.123. The van der Waals surface area contributed by atoms with Gasteiger partial charge in [0, 0.05) is 0 Å². The quantitative estimate of drug-likeness (QED) is 0.762. The van der Waals surface area contributed by atoms with Crippen molar-refractivity contribution >= 4 is 29.0 Å². The van der Waals surface area contributed by atoms with Gasteiger partial charge in [0.05, 0.1) is 18.6 Å². The van der Waals surface area contributed by atoms with Crippen molar-refractivity contribution in [2.45, 2.75) is 13.5 Å². The summed E-state index contributed by atoms with van der Waals surface area (Å²) in [5.41, 5.74) is 2.47. The molecule has 0 N–H and O–H groups in total. The Morgan fingerprint density at radius 2 is 1.88 bits per heavy atom. The van der Waals surface area contributed by atoms with Gasteiger partial charge in [-0.05, 0) is 59.7 Å². The summed E-state index contributed by atoms with van der Waals surface area (Å²) in [7, 11) is 1.59. The van der Waals surface area contributed by atoms with Crippen LogP contribution in [0.4, 0.5) is 9.18 Å². The number of nitrogens with zero attached hydrogens (tertiary/aromatic N) is 1. The highest BCUT2D eigenvalue weighted by Gasteiger charge is 2.34. The summed E-state index contributed by atoms with van der Waals surface area (Å²) in [6, 6.07) is 11.3. The molecule has 128 valence electrons. The van der Waals surface area contributed by atoms with Crippen molar-refractivity contribution in [2.24, 2.45) is 0 Å². The van der Waals surface area contributed by atoms with E-state index in [4.69, 9.17) is 4.74 Å². The summed E-state index contributed by atoms with van der Waals surface area (Å²) >= 11 is 0.900. The highest BCUT2D eigenvalue weighted by atomic mass is 32.2. The molecule has 1 fully saturated rings. The highest BCUT2D eigenvalue weighted by Crippen LogP contribution is 2.34. The van der Waals surface area contributed by atoms with Gasteiger partial charge in [0.15, 0.2) is 0 Å². The Kier molecular flexibility index (Phi) is 4.90. The van der Waals surface area contributed by atoms with Crippen LogP contribution in [0.1, 0.15) is 16.7 Å². The maximum Gasteiger partial charge on any atom is 0.293 e. The molecule has 1 saturated heterocycles. The lowest BCUT2D eigenvalue weighted by atomic mass is 10.1. The van der Waals surface area contributed by atoms with Gasteiger partial charge in [0.2, 0.25) is 0 Å². The Balaban J connectivity index is 1.82. The third kappa shape index (κ3) is 3.74. The summed E-state index contributed by atoms with van der Waals surface area (Å²) in [5.74, 6) is 0.0178. The molecule has 6 heteroatoms. The van der Waals surface area contributed by atoms with Crippen LogP contribution in [0.5, 0.6) is 5.75 Å². The number of hydrogen-bond donors (Lipinski definition) is 0. The van der Waals surface area contributed by atoms with Gasteiger partial charge in [-0.2, -0.15) is 0 Å². The van der Waals surface area contributed by atoms with E-state index in [9.17, 15) is 14.0 Å². The summed E-state index contributed by atoms with van der Waals surface area (Å²) in [6.45, 7) is 2.05. The second-order valence-corrected chi connectivity index (χ2v) is 6.62. The van der Waals surface area contributed by atoms with E-state index >= 15 is 0 Å². The number of halogens is 1. The number of ether oxygens (including phenoxy) is 1. The normalized spacial score (nSPS) is 16.0. The summed E-state index contributed by atoms with van der Waals surface area (Å²) < 4.78 is 18.3. The zero-order valence-corrected chi connectivity index (χ0v) is 14.6. The first kappa shape index (κ1) is 17.2. The number of benzene rings is 2. The molecule has 3 rings (SSSR count). The highest BCUT2D eigenvalue weighted by molar-refractivity contribution is 8.18. The van der Waals surface area contributed by atoms with E-state index in [0.717, 1.165) is 33.5 Å². The third-order valence-electron chi connectivity index (χ3n) is 3.86. The van der Waals surface area contributed by atoms with Crippen LogP contribution >= 0.6 is 11.8 Å². The average Bonchev–Trinajstić information content (AvgIpc) is 2.86. The maximum absolute atomic E-state index is 13.0. The molecule has 4 nitrogen and oxygen atoms in total. The fourth-order valence-electron chi connectivity index (χ4n) is 2.49. The number of carbonyl (C=O) groups excluding carboxylic acids is 2. The third-order valence-corrected chi connectivity index (χ3v) is 4.76. The first-order valence-electron chi connectivity index (χ1n) is 7.62. The minimum Gasteiger partial charge on any atom is -0.496 e. The number of methoxy groups -OCH3 is 1. The van der Waals surface area contributed by atoms with E-state index in [1.165, 1.54) is 12.1 Å². The van der Waals surface area contributed by atoms with Crippen LogP contribution in [0.15, 0.2) is 47.4 Å². The Labute approximate surface area is 149 Å². The van der Waals surface area contributed by atoms with Crippen LogP contribution in [0, 0.1) is 12.7 Å². The molecule has 1 aliphatic rings. The van der Waals surface area contributed by atoms with Gasteiger partial charge < -0.3 is 4.74 Å². The fourth-order valence-corrected chi connectivity index (χ4v) is 3.32. The lowest BCUT2D eigenvalue weighted by Crippen LogP contribution is -2.27. The van der Waals surface area contributed by atoms with Gasteiger partial charge in [0.1, 0.15) is 11.6 Å². The van der Waals surface area contributed by atoms with Gasteiger partial charge in [-0.3, -0.25) is 14.5 Å². The van der Waals surface area contributed by atoms with E-state index in [0.29, 0.717) is 10.5 Å². The maximum atomic E-state index is 13.0. The first-order chi connectivity index (χ1) is 12.0. The molecule has 2 aromatic rings. The Hall–Kier alpha value is -2.60. The second kappa shape index (κ2) is 7.11. The zero-order chi connectivity index (χ0) is 18.0. The molecular weight excluding hydrogens is 341 g/mol. The molecule has 2 amide bonds. The van der Waals surface area contributed by atoms with Crippen molar-refractivity contribution in [2.75, 3.05) is 7.11 Å². The molecule has 0 saturated carbocycles. The molecule has 1 heterocycles. The monoisotopic (exact) mass is 357 g/mol. The van der Waals surface area contributed by atoms with Crippen LogP contribution in [-0.2, 0) is 11.3 Å². The van der Waals surface area contributed by atoms with E-state index in [-0.39, 0.29) is 23.5 Å². The van der Waals surface area contributed by atoms with Crippen molar-refractivity contribution in [3.8, 4) is 5.75 Å². The van der Waals surface area contributed by atoms with Crippen LogP contribution < -0.4 is 4.74 Å². The molecule has 0 radical (unpaired) electrons. The van der Waals surface area contributed by atoms with Gasteiger partial charge in [-0.1, -0.05) is 24.3 Å². The van der Waals surface area contributed by atoms with Crippen molar-refractivity contribution in [3.63, 3.8) is 0 Å².